The lowest BCUT2D eigenvalue weighted by molar-refractivity contribution is 0.455. The Morgan fingerprint density at radius 2 is 2.24 bits per heavy atom. The highest BCUT2D eigenvalue weighted by molar-refractivity contribution is 7.89. The molecule has 1 atom stereocenters. The van der Waals surface area contributed by atoms with E-state index >= 15 is 0 Å². The van der Waals surface area contributed by atoms with E-state index in [1.54, 1.807) is 39.5 Å². The normalized spacial score (nSPS) is 13.9. The minimum atomic E-state index is -3.26. The molecule has 5 nitrogen and oxygen atoms in total. The van der Waals surface area contributed by atoms with E-state index in [-0.39, 0.29) is 0 Å². The molecule has 0 spiro atoms. The number of aromatic nitrogens is 1. The van der Waals surface area contributed by atoms with Gasteiger partial charge in [-0.25, -0.2) is 12.7 Å². The maximum absolute atomic E-state index is 12.1. The second kappa shape index (κ2) is 6.09. The van der Waals surface area contributed by atoms with Crippen molar-refractivity contribution >= 4 is 10.0 Å². The summed E-state index contributed by atoms with van der Waals surface area (Å²) in [6.07, 6.45) is 3.34. The molecule has 0 fully saturated rings. The van der Waals surface area contributed by atoms with Crippen molar-refractivity contribution < 1.29 is 8.42 Å². The molecule has 0 saturated heterocycles. The third-order valence-corrected chi connectivity index (χ3v) is 4.74. The van der Waals surface area contributed by atoms with Gasteiger partial charge in [-0.1, -0.05) is 6.07 Å². The first-order chi connectivity index (χ1) is 7.98. The van der Waals surface area contributed by atoms with Gasteiger partial charge < -0.3 is 5.32 Å². The molecule has 1 N–H and O–H groups in total. The van der Waals surface area contributed by atoms with Gasteiger partial charge in [0, 0.05) is 32.5 Å². The van der Waals surface area contributed by atoms with Gasteiger partial charge in [0.05, 0.1) is 5.25 Å². The average Bonchev–Trinajstić information content (AvgIpc) is 2.30. The van der Waals surface area contributed by atoms with E-state index in [1.807, 2.05) is 6.07 Å². The van der Waals surface area contributed by atoms with Crippen LogP contribution in [0, 0.1) is 0 Å². The summed E-state index contributed by atoms with van der Waals surface area (Å²) in [6.45, 7) is 2.50. The number of hydrogen-bond donors (Lipinski definition) is 1. The fraction of sp³-hybridized carbons (Fsp3) is 0.545. The van der Waals surface area contributed by atoms with Crippen molar-refractivity contribution in [2.75, 3.05) is 20.6 Å². The number of pyridine rings is 1. The van der Waals surface area contributed by atoms with E-state index < -0.39 is 15.3 Å². The minimum absolute atomic E-state index is 0.351. The van der Waals surface area contributed by atoms with Crippen molar-refractivity contribution in [3.63, 3.8) is 0 Å². The Morgan fingerprint density at radius 3 is 2.76 bits per heavy atom. The third kappa shape index (κ3) is 3.76. The van der Waals surface area contributed by atoms with Crippen molar-refractivity contribution in [2.24, 2.45) is 0 Å². The van der Waals surface area contributed by atoms with Gasteiger partial charge in [0.15, 0.2) is 0 Å². The Bertz CT molecular complexity index is 433. The lowest BCUT2D eigenvalue weighted by atomic mass is 10.3. The molecule has 0 radical (unpaired) electrons. The van der Waals surface area contributed by atoms with Crippen LogP contribution in [0.1, 0.15) is 12.5 Å². The largest absolute Gasteiger partial charge is 0.318 e. The SMILES string of the molecule is CNCC(C)S(=O)(=O)N(C)Cc1cccnc1. The Hall–Kier alpha value is -0.980. The van der Waals surface area contributed by atoms with Crippen LogP contribution >= 0.6 is 0 Å². The standard InChI is InChI=1S/C11H19N3O2S/c1-10(7-12-2)17(15,16)14(3)9-11-5-4-6-13-8-11/h4-6,8,10,12H,7,9H2,1-3H3. The first kappa shape index (κ1) is 14.1. The molecule has 6 heteroatoms. The Morgan fingerprint density at radius 1 is 1.53 bits per heavy atom. The van der Waals surface area contributed by atoms with Crippen LogP contribution in [0.4, 0.5) is 0 Å². The molecule has 1 heterocycles. The van der Waals surface area contributed by atoms with Crippen molar-refractivity contribution in [1.82, 2.24) is 14.6 Å². The lowest BCUT2D eigenvalue weighted by Crippen LogP contribution is -2.39. The van der Waals surface area contributed by atoms with Crippen molar-refractivity contribution in [1.29, 1.82) is 0 Å². The first-order valence-electron chi connectivity index (χ1n) is 5.47. The minimum Gasteiger partial charge on any atom is -0.318 e. The summed E-state index contributed by atoms with van der Waals surface area (Å²) >= 11 is 0. The summed E-state index contributed by atoms with van der Waals surface area (Å²) in [5.74, 6) is 0. The van der Waals surface area contributed by atoms with Crippen molar-refractivity contribution in [3.05, 3.63) is 30.1 Å². The first-order valence-corrected chi connectivity index (χ1v) is 6.97. The summed E-state index contributed by atoms with van der Waals surface area (Å²) in [4.78, 5) is 3.97. The molecule has 1 aromatic rings. The van der Waals surface area contributed by atoms with Gasteiger partial charge in [-0.15, -0.1) is 0 Å². The third-order valence-electron chi connectivity index (χ3n) is 2.56. The molecule has 0 aliphatic carbocycles. The van der Waals surface area contributed by atoms with Crippen LogP contribution < -0.4 is 5.32 Å². The zero-order valence-electron chi connectivity index (χ0n) is 10.4. The highest BCUT2D eigenvalue weighted by Crippen LogP contribution is 2.10. The van der Waals surface area contributed by atoms with Gasteiger partial charge in [-0.3, -0.25) is 4.98 Å². The molecule has 96 valence electrons. The topological polar surface area (TPSA) is 62.3 Å². The van der Waals surface area contributed by atoms with Crippen molar-refractivity contribution in [3.8, 4) is 0 Å². The van der Waals surface area contributed by atoms with Crippen LogP contribution in [0.2, 0.25) is 0 Å². The molecular weight excluding hydrogens is 238 g/mol. The predicted molar refractivity (Wildman–Crippen MR) is 68.0 cm³/mol. The van der Waals surface area contributed by atoms with Crippen LogP contribution in [0.3, 0.4) is 0 Å². The van der Waals surface area contributed by atoms with E-state index in [4.69, 9.17) is 0 Å². The zero-order valence-corrected chi connectivity index (χ0v) is 11.2. The van der Waals surface area contributed by atoms with Gasteiger partial charge in [-0.05, 0) is 25.6 Å². The highest BCUT2D eigenvalue weighted by Gasteiger charge is 2.25. The quantitative estimate of drug-likeness (QED) is 0.804. The molecule has 0 amide bonds. The number of sulfonamides is 1. The van der Waals surface area contributed by atoms with Gasteiger partial charge in [-0.2, -0.15) is 0 Å². The van der Waals surface area contributed by atoms with Crippen LogP contribution in [-0.4, -0.2) is 43.6 Å². The summed E-state index contributed by atoms with van der Waals surface area (Å²) in [6, 6.07) is 3.66. The molecular formula is C11H19N3O2S. The Labute approximate surface area is 103 Å². The molecule has 0 saturated carbocycles. The maximum atomic E-state index is 12.1. The van der Waals surface area contributed by atoms with Crippen LogP contribution in [0.15, 0.2) is 24.5 Å². The lowest BCUT2D eigenvalue weighted by Gasteiger charge is -2.21. The van der Waals surface area contributed by atoms with Gasteiger partial charge in [0.2, 0.25) is 10.0 Å². The van der Waals surface area contributed by atoms with Gasteiger partial charge in [0.25, 0.3) is 0 Å². The number of rotatable bonds is 6. The molecule has 0 aliphatic rings. The smallest absolute Gasteiger partial charge is 0.218 e. The van der Waals surface area contributed by atoms with E-state index in [2.05, 4.69) is 10.3 Å². The maximum Gasteiger partial charge on any atom is 0.218 e. The predicted octanol–water partition coefficient (Wildman–Crippen LogP) is 0.451. The fourth-order valence-electron chi connectivity index (χ4n) is 1.54. The number of nitrogens with one attached hydrogen (secondary N) is 1. The summed E-state index contributed by atoms with van der Waals surface area (Å²) in [7, 11) is 0.0787. The van der Waals surface area contributed by atoms with E-state index in [0.29, 0.717) is 13.1 Å². The molecule has 1 unspecified atom stereocenters. The van der Waals surface area contributed by atoms with Gasteiger partial charge in [0.1, 0.15) is 0 Å². The monoisotopic (exact) mass is 257 g/mol. The summed E-state index contributed by atoms with van der Waals surface area (Å²) < 4.78 is 25.5. The van der Waals surface area contributed by atoms with E-state index in [0.717, 1.165) is 5.56 Å². The fourth-order valence-corrected chi connectivity index (χ4v) is 2.86. The molecule has 0 aliphatic heterocycles. The number of nitrogens with zero attached hydrogens (tertiary/aromatic N) is 2. The van der Waals surface area contributed by atoms with Gasteiger partial charge >= 0.3 is 0 Å². The molecule has 0 bridgehead atoms. The molecule has 0 aromatic carbocycles. The summed E-state index contributed by atoms with van der Waals surface area (Å²) in [5.41, 5.74) is 0.884. The van der Waals surface area contributed by atoms with Crippen molar-refractivity contribution in [2.45, 2.75) is 18.7 Å². The van der Waals surface area contributed by atoms with Crippen LogP contribution in [-0.2, 0) is 16.6 Å². The molecule has 1 rings (SSSR count). The highest BCUT2D eigenvalue weighted by atomic mass is 32.2. The van der Waals surface area contributed by atoms with E-state index in [9.17, 15) is 8.42 Å². The Kier molecular flexibility index (Phi) is 5.04. The average molecular weight is 257 g/mol. The molecule has 17 heavy (non-hydrogen) atoms. The number of hydrogen-bond acceptors (Lipinski definition) is 4. The molecule has 1 aromatic heterocycles. The second-order valence-corrected chi connectivity index (χ2v) is 6.49. The second-order valence-electron chi connectivity index (χ2n) is 4.03. The van der Waals surface area contributed by atoms with Crippen LogP contribution in [0.25, 0.3) is 0 Å². The van der Waals surface area contributed by atoms with Crippen LogP contribution in [0.5, 0.6) is 0 Å². The van der Waals surface area contributed by atoms with E-state index in [1.165, 1.54) is 4.31 Å². The zero-order chi connectivity index (χ0) is 12.9. The Balaban J connectivity index is 2.73. The summed E-state index contributed by atoms with van der Waals surface area (Å²) in [5, 5.41) is 2.44.